The Bertz CT molecular complexity index is 849. The van der Waals surface area contributed by atoms with Crippen molar-refractivity contribution in [1.82, 2.24) is 19.2 Å². The fourth-order valence-electron chi connectivity index (χ4n) is 2.94. The molecule has 2 aromatic rings. The first-order chi connectivity index (χ1) is 12.5. The average molecular weight is 395 g/mol. The van der Waals surface area contributed by atoms with E-state index in [2.05, 4.69) is 4.90 Å². The van der Waals surface area contributed by atoms with Crippen LogP contribution in [0.4, 0.5) is 0 Å². The van der Waals surface area contributed by atoms with Gasteiger partial charge in [0.2, 0.25) is 0 Å². The van der Waals surface area contributed by atoms with Gasteiger partial charge in [0, 0.05) is 25.9 Å². The second-order valence-electron chi connectivity index (χ2n) is 5.97. The van der Waals surface area contributed by atoms with Gasteiger partial charge in [-0.05, 0) is 24.4 Å². The maximum Gasteiger partial charge on any atom is 0.320 e. The molecule has 1 saturated heterocycles. The summed E-state index contributed by atoms with van der Waals surface area (Å²) in [4.78, 5) is 14.0. The third kappa shape index (κ3) is 3.79. The Hall–Kier alpha value is -1.84. The van der Waals surface area contributed by atoms with Gasteiger partial charge in [-0.15, -0.1) is 11.8 Å². The van der Waals surface area contributed by atoms with Gasteiger partial charge in [-0.3, -0.25) is 9.69 Å². The summed E-state index contributed by atoms with van der Waals surface area (Å²) in [6.45, 7) is 2.04. The number of esters is 1. The lowest BCUT2D eigenvalue weighted by molar-refractivity contribution is -0.140. The quantitative estimate of drug-likeness (QED) is 0.569. The Kier molecular flexibility index (Phi) is 6.00. The molecule has 9 heteroatoms. The normalized spacial score (nSPS) is 17.9. The fraction of sp³-hybridized carbons (Fsp3) is 0.471. The van der Waals surface area contributed by atoms with Crippen molar-refractivity contribution in [1.29, 1.82) is 0 Å². The second kappa shape index (κ2) is 8.24. The molecule has 3 rings (SSSR count). The van der Waals surface area contributed by atoms with Crippen LogP contribution in [0, 0.1) is 4.77 Å². The number of hydrogen-bond donors (Lipinski definition) is 0. The molecule has 0 unspecified atom stereocenters. The van der Waals surface area contributed by atoms with Gasteiger partial charge in [-0.2, -0.15) is 5.10 Å². The predicted molar refractivity (Wildman–Crippen MR) is 104 cm³/mol. The van der Waals surface area contributed by atoms with Gasteiger partial charge in [0.1, 0.15) is 11.0 Å². The van der Waals surface area contributed by atoms with Crippen molar-refractivity contribution in [2.24, 2.45) is 7.05 Å². The first-order valence-electron chi connectivity index (χ1n) is 8.24. The van der Waals surface area contributed by atoms with Crippen molar-refractivity contribution in [3.8, 4) is 17.1 Å². The van der Waals surface area contributed by atoms with E-state index >= 15 is 0 Å². The minimum Gasteiger partial charge on any atom is -0.496 e. The van der Waals surface area contributed by atoms with Crippen LogP contribution in [-0.4, -0.2) is 63.5 Å². The van der Waals surface area contributed by atoms with Crippen LogP contribution in [-0.2, 0) is 23.2 Å². The second-order valence-corrected chi connectivity index (χ2v) is 7.64. The van der Waals surface area contributed by atoms with Crippen LogP contribution in [0.2, 0.25) is 0 Å². The number of benzene rings is 1. The van der Waals surface area contributed by atoms with Crippen LogP contribution < -0.4 is 4.74 Å². The molecule has 0 spiro atoms. The smallest absolute Gasteiger partial charge is 0.320 e. The first kappa shape index (κ1) is 18.9. The van der Waals surface area contributed by atoms with Gasteiger partial charge in [-0.1, -0.05) is 12.1 Å². The molecule has 1 atom stereocenters. The maximum atomic E-state index is 11.8. The highest BCUT2D eigenvalue weighted by molar-refractivity contribution is 8.00. The Labute approximate surface area is 161 Å². The van der Waals surface area contributed by atoms with Crippen LogP contribution in [0.1, 0.15) is 0 Å². The van der Waals surface area contributed by atoms with Crippen LogP contribution >= 0.6 is 24.0 Å². The highest BCUT2D eigenvalue weighted by Gasteiger charge is 2.27. The number of thioether (sulfide) groups is 1. The van der Waals surface area contributed by atoms with E-state index in [1.165, 1.54) is 7.11 Å². The first-order valence-corrected chi connectivity index (χ1v) is 9.70. The number of hydrogen-bond acceptors (Lipinski definition) is 7. The molecule has 0 amide bonds. The highest BCUT2D eigenvalue weighted by atomic mass is 32.2. The summed E-state index contributed by atoms with van der Waals surface area (Å²) in [5.74, 6) is 2.20. The summed E-state index contributed by atoms with van der Waals surface area (Å²) >= 11 is 7.20. The molecule has 0 radical (unpaired) electrons. The molecule has 1 aromatic carbocycles. The monoisotopic (exact) mass is 394 g/mol. The third-order valence-corrected chi connectivity index (χ3v) is 5.98. The van der Waals surface area contributed by atoms with E-state index in [0.29, 0.717) is 18.0 Å². The van der Waals surface area contributed by atoms with Gasteiger partial charge in [0.15, 0.2) is 10.6 Å². The predicted octanol–water partition coefficient (Wildman–Crippen LogP) is 2.17. The molecule has 7 nitrogen and oxygen atoms in total. The van der Waals surface area contributed by atoms with Gasteiger partial charge < -0.3 is 14.0 Å². The van der Waals surface area contributed by atoms with Crippen molar-refractivity contribution in [2.75, 3.05) is 33.1 Å². The molecular formula is C17H22N4O3S2. The molecular weight excluding hydrogens is 372 g/mol. The zero-order chi connectivity index (χ0) is 18.7. The van der Waals surface area contributed by atoms with E-state index in [4.69, 9.17) is 26.8 Å². The van der Waals surface area contributed by atoms with E-state index < -0.39 is 0 Å². The summed E-state index contributed by atoms with van der Waals surface area (Å²) in [6.07, 6.45) is 0. The molecule has 26 heavy (non-hydrogen) atoms. The minimum absolute atomic E-state index is 0.166. The van der Waals surface area contributed by atoms with Crippen LogP contribution in [0.3, 0.4) is 0 Å². The zero-order valence-corrected chi connectivity index (χ0v) is 16.7. The standard InChI is InChI=1S/C17H22N4O3S2/c1-19-15(12-6-4-5-7-13(12)23-2)18-21(17(19)25)11-20-8-9-26-14(10-20)16(22)24-3/h4-7,14H,8-11H2,1-3H3/t14-/m1/s1. The molecule has 140 valence electrons. The van der Waals surface area contributed by atoms with E-state index in [-0.39, 0.29) is 11.2 Å². The van der Waals surface area contributed by atoms with Crippen LogP contribution in [0.25, 0.3) is 11.4 Å². The summed E-state index contributed by atoms with van der Waals surface area (Å²) < 4.78 is 14.6. The molecule has 0 bridgehead atoms. The summed E-state index contributed by atoms with van der Waals surface area (Å²) in [5, 5.41) is 4.54. The number of aromatic nitrogens is 3. The van der Waals surface area contributed by atoms with E-state index in [0.717, 1.165) is 29.4 Å². The Balaban J connectivity index is 1.84. The number of para-hydroxylation sites is 1. The molecule has 0 N–H and O–H groups in total. The maximum absolute atomic E-state index is 11.8. The van der Waals surface area contributed by atoms with Crippen molar-refractivity contribution in [3.63, 3.8) is 0 Å². The number of carbonyl (C=O) groups excluding carboxylic acids is 1. The molecule has 1 aromatic heterocycles. The van der Waals surface area contributed by atoms with Crippen molar-refractivity contribution in [3.05, 3.63) is 29.0 Å². The lowest BCUT2D eigenvalue weighted by atomic mass is 10.2. The van der Waals surface area contributed by atoms with Crippen molar-refractivity contribution >= 4 is 29.9 Å². The summed E-state index contributed by atoms with van der Waals surface area (Å²) in [6, 6.07) is 7.74. The van der Waals surface area contributed by atoms with Crippen molar-refractivity contribution < 1.29 is 14.3 Å². The van der Waals surface area contributed by atoms with E-state index in [1.807, 2.05) is 35.9 Å². The minimum atomic E-state index is -0.181. The highest BCUT2D eigenvalue weighted by Crippen LogP contribution is 2.28. The zero-order valence-electron chi connectivity index (χ0n) is 15.0. The lowest BCUT2D eigenvalue weighted by Crippen LogP contribution is -2.42. The van der Waals surface area contributed by atoms with Gasteiger partial charge in [0.05, 0.1) is 26.5 Å². The third-order valence-electron chi connectivity index (χ3n) is 4.34. The SMILES string of the molecule is COC(=O)[C@H]1CN(Cn2nc(-c3ccccc3OC)n(C)c2=S)CCS1. The van der Waals surface area contributed by atoms with E-state index in [9.17, 15) is 4.79 Å². The largest absolute Gasteiger partial charge is 0.496 e. The van der Waals surface area contributed by atoms with Gasteiger partial charge >= 0.3 is 5.97 Å². The Morgan fingerprint density at radius 3 is 2.88 bits per heavy atom. The molecule has 0 aliphatic carbocycles. The van der Waals surface area contributed by atoms with E-state index in [1.54, 1.807) is 23.6 Å². The fourth-order valence-corrected chi connectivity index (χ4v) is 4.32. The lowest BCUT2D eigenvalue weighted by Gasteiger charge is -2.30. The molecule has 0 saturated carbocycles. The summed E-state index contributed by atoms with van der Waals surface area (Å²) in [5.41, 5.74) is 0.893. The van der Waals surface area contributed by atoms with Crippen LogP contribution in [0.5, 0.6) is 5.75 Å². The number of rotatable bonds is 5. The number of ether oxygens (including phenoxy) is 2. The Morgan fingerprint density at radius 1 is 1.38 bits per heavy atom. The number of carbonyl (C=O) groups is 1. The molecule has 1 aliphatic heterocycles. The molecule has 2 heterocycles. The molecule has 1 fully saturated rings. The Morgan fingerprint density at radius 2 is 2.15 bits per heavy atom. The number of nitrogens with zero attached hydrogens (tertiary/aromatic N) is 4. The number of methoxy groups -OCH3 is 2. The van der Waals surface area contributed by atoms with Crippen LogP contribution in [0.15, 0.2) is 24.3 Å². The van der Waals surface area contributed by atoms with Gasteiger partial charge in [0.25, 0.3) is 0 Å². The average Bonchev–Trinajstić information content (AvgIpc) is 2.95. The summed E-state index contributed by atoms with van der Waals surface area (Å²) in [7, 11) is 4.97. The molecule has 1 aliphatic rings. The topological polar surface area (TPSA) is 61.5 Å². The van der Waals surface area contributed by atoms with Gasteiger partial charge in [-0.25, -0.2) is 4.68 Å². The van der Waals surface area contributed by atoms with Crippen molar-refractivity contribution in [2.45, 2.75) is 11.9 Å².